The van der Waals surface area contributed by atoms with Gasteiger partial charge in [-0.1, -0.05) is 24.6 Å². The van der Waals surface area contributed by atoms with Crippen LogP contribution in [-0.4, -0.2) is 67.5 Å². The van der Waals surface area contributed by atoms with Gasteiger partial charge in [-0.2, -0.15) is 0 Å². The molecule has 0 aromatic heterocycles. The topological polar surface area (TPSA) is 76.2 Å². The van der Waals surface area contributed by atoms with Crippen LogP contribution < -0.4 is 4.74 Å². The van der Waals surface area contributed by atoms with E-state index in [0.717, 1.165) is 25.8 Å². The highest BCUT2D eigenvalue weighted by molar-refractivity contribution is 6.11. The number of carbonyl (C=O) groups is 3. The van der Waals surface area contributed by atoms with Gasteiger partial charge in [-0.3, -0.25) is 19.3 Å². The first-order chi connectivity index (χ1) is 15.0. The van der Waals surface area contributed by atoms with Crippen LogP contribution in [0.2, 0.25) is 0 Å². The van der Waals surface area contributed by atoms with Crippen LogP contribution in [0.3, 0.4) is 0 Å². The molecule has 2 bridgehead atoms. The third-order valence-corrected chi connectivity index (χ3v) is 7.19. The zero-order chi connectivity index (χ0) is 22.0. The first kappa shape index (κ1) is 21.8. The molecule has 4 rings (SSSR count). The second-order valence-corrected chi connectivity index (χ2v) is 9.07. The van der Waals surface area contributed by atoms with Gasteiger partial charge in [-0.15, -0.1) is 0 Å². The van der Waals surface area contributed by atoms with Crippen LogP contribution in [0.25, 0.3) is 0 Å². The van der Waals surface area contributed by atoms with E-state index in [9.17, 15) is 14.4 Å². The smallest absolute Gasteiger partial charge is 0.241 e. The predicted octanol–water partition coefficient (Wildman–Crippen LogP) is 2.52. The minimum absolute atomic E-state index is 0.00193. The maximum Gasteiger partial charge on any atom is 0.241 e. The standard InChI is InChI=1S/C24H32N2O5/c1-30-12-6-11-25-21(27)14-24(23(25)29,19-9-3-4-10-20(19)31-2)15-22(28)26-16-17-7-5-8-18(26)13-17/h3-4,9-10,17-18H,5-8,11-16H2,1-2H3. The summed E-state index contributed by atoms with van der Waals surface area (Å²) < 4.78 is 10.6. The van der Waals surface area contributed by atoms with Crippen LogP contribution in [0.1, 0.15) is 50.5 Å². The van der Waals surface area contributed by atoms with E-state index in [2.05, 4.69) is 0 Å². The van der Waals surface area contributed by atoms with Gasteiger partial charge in [-0.05, 0) is 37.7 Å². The zero-order valence-corrected chi connectivity index (χ0v) is 18.5. The van der Waals surface area contributed by atoms with Crippen molar-refractivity contribution < 1.29 is 23.9 Å². The van der Waals surface area contributed by atoms with Crippen LogP contribution in [0.15, 0.2) is 24.3 Å². The Balaban J connectivity index is 1.66. The van der Waals surface area contributed by atoms with Gasteiger partial charge in [0.25, 0.3) is 0 Å². The fourth-order valence-corrected chi connectivity index (χ4v) is 5.68. The Morgan fingerprint density at radius 1 is 1.19 bits per heavy atom. The van der Waals surface area contributed by atoms with Gasteiger partial charge >= 0.3 is 0 Å². The lowest BCUT2D eigenvalue weighted by Crippen LogP contribution is -2.45. The lowest BCUT2D eigenvalue weighted by atomic mass is 9.75. The SMILES string of the molecule is COCCCN1C(=O)CC(CC(=O)N2CC3CCCC2C3)(c2ccccc2OC)C1=O. The molecule has 0 N–H and O–H groups in total. The zero-order valence-electron chi connectivity index (χ0n) is 18.5. The lowest BCUT2D eigenvalue weighted by molar-refractivity contribution is -0.143. The van der Waals surface area contributed by atoms with E-state index >= 15 is 0 Å². The number of fused-ring (bicyclic) bond motifs is 2. The monoisotopic (exact) mass is 428 g/mol. The summed E-state index contributed by atoms with van der Waals surface area (Å²) in [6.07, 6.45) is 4.97. The molecule has 1 aromatic rings. The minimum atomic E-state index is -1.22. The molecule has 2 heterocycles. The molecule has 0 radical (unpaired) electrons. The first-order valence-electron chi connectivity index (χ1n) is 11.3. The molecule has 2 aliphatic heterocycles. The average molecular weight is 429 g/mol. The van der Waals surface area contributed by atoms with Gasteiger partial charge in [0.15, 0.2) is 0 Å². The number of benzene rings is 1. The largest absolute Gasteiger partial charge is 0.496 e. The normalized spacial score (nSPS) is 27.8. The van der Waals surface area contributed by atoms with Crippen molar-refractivity contribution in [2.75, 3.05) is 33.9 Å². The molecule has 3 fully saturated rings. The van der Waals surface area contributed by atoms with Crippen molar-refractivity contribution in [3.63, 3.8) is 0 Å². The Morgan fingerprint density at radius 3 is 2.74 bits per heavy atom. The first-order valence-corrected chi connectivity index (χ1v) is 11.3. The van der Waals surface area contributed by atoms with Crippen molar-refractivity contribution in [3.8, 4) is 5.75 Å². The molecule has 1 aliphatic carbocycles. The summed E-state index contributed by atoms with van der Waals surface area (Å²) in [7, 11) is 3.15. The van der Waals surface area contributed by atoms with Crippen molar-refractivity contribution in [2.24, 2.45) is 5.92 Å². The van der Waals surface area contributed by atoms with E-state index in [-0.39, 0.29) is 36.6 Å². The van der Waals surface area contributed by atoms with E-state index in [0.29, 0.717) is 36.8 Å². The summed E-state index contributed by atoms with van der Waals surface area (Å²) in [6.45, 7) is 1.53. The van der Waals surface area contributed by atoms with Gasteiger partial charge in [0, 0.05) is 51.3 Å². The molecule has 7 nitrogen and oxygen atoms in total. The highest BCUT2D eigenvalue weighted by Crippen LogP contribution is 2.45. The van der Waals surface area contributed by atoms with Gasteiger partial charge in [0.2, 0.25) is 17.7 Å². The number of hydrogen-bond donors (Lipinski definition) is 0. The van der Waals surface area contributed by atoms with Crippen molar-refractivity contribution >= 4 is 17.7 Å². The quantitative estimate of drug-likeness (QED) is 0.470. The average Bonchev–Trinajstić information content (AvgIpc) is 3.20. The molecule has 3 unspecified atom stereocenters. The van der Waals surface area contributed by atoms with Crippen LogP contribution in [-0.2, 0) is 24.5 Å². The molecule has 31 heavy (non-hydrogen) atoms. The number of imide groups is 1. The number of ether oxygens (including phenoxy) is 2. The highest BCUT2D eigenvalue weighted by Gasteiger charge is 2.55. The number of para-hydroxylation sites is 1. The third-order valence-electron chi connectivity index (χ3n) is 7.19. The van der Waals surface area contributed by atoms with E-state index in [1.807, 2.05) is 23.1 Å². The van der Waals surface area contributed by atoms with Crippen molar-refractivity contribution in [1.29, 1.82) is 0 Å². The van der Waals surface area contributed by atoms with Crippen LogP contribution in [0, 0.1) is 5.92 Å². The van der Waals surface area contributed by atoms with Gasteiger partial charge < -0.3 is 14.4 Å². The minimum Gasteiger partial charge on any atom is -0.496 e. The fraction of sp³-hybridized carbons (Fsp3) is 0.625. The second-order valence-electron chi connectivity index (χ2n) is 9.07. The number of nitrogens with zero attached hydrogens (tertiary/aromatic N) is 2. The summed E-state index contributed by atoms with van der Waals surface area (Å²) in [5, 5.41) is 0. The molecule has 2 saturated heterocycles. The third kappa shape index (κ3) is 3.95. The van der Waals surface area contributed by atoms with E-state index in [1.54, 1.807) is 20.3 Å². The van der Waals surface area contributed by atoms with E-state index in [4.69, 9.17) is 9.47 Å². The Bertz CT molecular complexity index is 856. The molecule has 1 saturated carbocycles. The van der Waals surface area contributed by atoms with Gasteiger partial charge in [0.1, 0.15) is 5.75 Å². The summed E-state index contributed by atoms with van der Waals surface area (Å²) in [6, 6.07) is 7.54. The molecule has 168 valence electrons. The van der Waals surface area contributed by atoms with Gasteiger partial charge in [-0.25, -0.2) is 0 Å². The molecule has 0 spiro atoms. The van der Waals surface area contributed by atoms with E-state index in [1.165, 1.54) is 11.3 Å². The summed E-state index contributed by atoms with van der Waals surface area (Å²) in [5.74, 6) is 0.542. The summed E-state index contributed by atoms with van der Waals surface area (Å²) in [4.78, 5) is 43.5. The number of rotatable bonds is 8. The van der Waals surface area contributed by atoms with Crippen molar-refractivity contribution in [3.05, 3.63) is 29.8 Å². The Morgan fingerprint density at radius 2 is 2.00 bits per heavy atom. The molecule has 7 heteroatoms. The van der Waals surface area contributed by atoms with Crippen molar-refractivity contribution in [2.45, 2.75) is 56.4 Å². The van der Waals surface area contributed by atoms with E-state index < -0.39 is 5.41 Å². The molecule has 3 atom stereocenters. The Hall–Kier alpha value is -2.41. The maximum atomic E-state index is 13.7. The predicted molar refractivity (Wildman–Crippen MR) is 115 cm³/mol. The molecular weight excluding hydrogens is 396 g/mol. The Kier molecular flexibility index (Phi) is 6.32. The van der Waals surface area contributed by atoms with Crippen molar-refractivity contribution in [1.82, 2.24) is 9.80 Å². The number of likely N-dealkylation sites (tertiary alicyclic amines) is 2. The van der Waals surface area contributed by atoms with Gasteiger partial charge in [0.05, 0.1) is 12.5 Å². The number of amides is 3. The molecule has 1 aromatic carbocycles. The maximum absolute atomic E-state index is 13.7. The number of methoxy groups -OCH3 is 2. The van der Waals surface area contributed by atoms with Crippen LogP contribution in [0.4, 0.5) is 0 Å². The summed E-state index contributed by atoms with van der Waals surface area (Å²) in [5.41, 5.74) is -0.592. The lowest BCUT2D eigenvalue weighted by Gasteiger charge is -2.32. The highest BCUT2D eigenvalue weighted by atomic mass is 16.5. The number of hydrogen-bond acceptors (Lipinski definition) is 5. The van der Waals surface area contributed by atoms with Crippen LogP contribution >= 0.6 is 0 Å². The summed E-state index contributed by atoms with van der Waals surface area (Å²) >= 11 is 0. The van der Waals surface area contributed by atoms with Crippen LogP contribution in [0.5, 0.6) is 5.75 Å². The molecular formula is C24H32N2O5. The molecule has 3 amide bonds. The number of carbonyl (C=O) groups excluding carboxylic acids is 3. The Labute approximate surface area is 183 Å². The fourth-order valence-electron chi connectivity index (χ4n) is 5.68. The second kappa shape index (κ2) is 8.99. The molecule has 3 aliphatic rings.